The van der Waals surface area contributed by atoms with Crippen molar-refractivity contribution in [3.63, 3.8) is 0 Å². The van der Waals surface area contributed by atoms with E-state index in [9.17, 15) is 18.3 Å². The molecular formula is C28H34N2O5S. The van der Waals surface area contributed by atoms with Crippen molar-refractivity contribution in [2.24, 2.45) is 0 Å². The molecule has 192 valence electrons. The third-order valence-electron chi connectivity index (χ3n) is 5.50. The highest BCUT2D eigenvalue weighted by atomic mass is 32.2. The van der Waals surface area contributed by atoms with Gasteiger partial charge in [-0.15, -0.1) is 0 Å². The van der Waals surface area contributed by atoms with Gasteiger partial charge in [-0.2, -0.15) is 0 Å². The van der Waals surface area contributed by atoms with E-state index in [1.807, 2.05) is 61.0 Å². The Morgan fingerprint density at radius 2 is 1.64 bits per heavy atom. The molecule has 3 aromatic rings. The van der Waals surface area contributed by atoms with Crippen molar-refractivity contribution < 1.29 is 23.1 Å². The summed E-state index contributed by atoms with van der Waals surface area (Å²) in [6, 6.07) is 22.9. The lowest BCUT2D eigenvalue weighted by atomic mass is 10.00. The van der Waals surface area contributed by atoms with Gasteiger partial charge >= 0.3 is 0 Å². The van der Waals surface area contributed by atoms with Gasteiger partial charge in [-0.05, 0) is 67.6 Å². The van der Waals surface area contributed by atoms with E-state index < -0.39 is 22.0 Å². The Labute approximate surface area is 213 Å². The number of aliphatic hydroxyl groups is 1. The Hall–Kier alpha value is -3.20. The maximum Gasteiger partial charge on any atom is 0.268 e. The summed E-state index contributed by atoms with van der Waals surface area (Å²) in [7, 11) is -3.68. The Kier molecular flexibility index (Phi) is 9.64. The lowest BCUT2D eigenvalue weighted by Crippen LogP contribution is -2.30. The molecule has 1 amide bonds. The molecule has 0 fully saturated rings. The number of amides is 1. The lowest BCUT2D eigenvalue weighted by molar-refractivity contribution is 0.0976. The lowest BCUT2D eigenvalue weighted by Gasteiger charge is -2.15. The van der Waals surface area contributed by atoms with E-state index in [2.05, 4.69) is 17.4 Å². The highest BCUT2D eigenvalue weighted by molar-refractivity contribution is 7.89. The first-order valence-corrected chi connectivity index (χ1v) is 13.9. The molecule has 3 aromatic carbocycles. The topological polar surface area (TPSA) is 105 Å². The predicted octanol–water partition coefficient (Wildman–Crippen LogP) is 4.09. The number of carbonyl (C=O) groups excluding carboxylic acids is 1. The maximum atomic E-state index is 12.4. The van der Waals surface area contributed by atoms with E-state index in [4.69, 9.17) is 4.74 Å². The zero-order valence-corrected chi connectivity index (χ0v) is 21.7. The Bertz CT molecular complexity index is 1240. The Balaban J connectivity index is 1.58. The molecule has 0 aliphatic rings. The molecule has 0 spiro atoms. The summed E-state index contributed by atoms with van der Waals surface area (Å²) in [5.74, 6) is -0.392. The number of hydrogen-bond acceptors (Lipinski definition) is 6. The van der Waals surface area contributed by atoms with Crippen molar-refractivity contribution in [1.82, 2.24) is 10.0 Å². The summed E-state index contributed by atoms with van der Waals surface area (Å²) >= 11 is 0. The van der Waals surface area contributed by atoms with E-state index >= 15 is 0 Å². The minimum absolute atomic E-state index is 0.166. The highest BCUT2D eigenvalue weighted by Gasteiger charge is 2.18. The number of hydrogen-bond donors (Lipinski definition) is 3. The normalized spacial score (nSPS) is 12.4. The number of benzene rings is 3. The zero-order valence-electron chi connectivity index (χ0n) is 20.9. The van der Waals surface area contributed by atoms with Gasteiger partial charge in [0.1, 0.15) is 5.75 Å². The van der Waals surface area contributed by atoms with Gasteiger partial charge in [0.25, 0.3) is 5.91 Å². The summed E-state index contributed by atoms with van der Waals surface area (Å²) in [4.78, 5) is 12.4. The summed E-state index contributed by atoms with van der Waals surface area (Å²) in [5, 5.41) is 13.5. The fraction of sp³-hybridized carbons (Fsp3) is 0.321. The van der Waals surface area contributed by atoms with Crippen LogP contribution in [0.5, 0.6) is 5.75 Å². The van der Waals surface area contributed by atoms with Crippen molar-refractivity contribution >= 4 is 15.9 Å². The van der Waals surface area contributed by atoms with Crippen LogP contribution in [0.4, 0.5) is 0 Å². The molecule has 0 bridgehead atoms. The third-order valence-corrected chi connectivity index (χ3v) is 6.05. The fourth-order valence-electron chi connectivity index (χ4n) is 3.78. The second kappa shape index (κ2) is 12.7. The van der Waals surface area contributed by atoms with Crippen LogP contribution in [0.3, 0.4) is 0 Å². The molecule has 0 aliphatic heterocycles. The minimum Gasteiger partial charge on any atom is -0.490 e. The molecule has 8 heteroatoms. The first-order chi connectivity index (χ1) is 17.1. The summed E-state index contributed by atoms with van der Waals surface area (Å²) in [6.45, 7) is 5.01. The number of rotatable bonds is 12. The highest BCUT2D eigenvalue weighted by Crippen LogP contribution is 2.29. The number of ether oxygens (including phenoxy) is 1. The number of sulfonamides is 1. The van der Waals surface area contributed by atoms with Crippen molar-refractivity contribution in [2.75, 3.05) is 19.3 Å². The molecule has 0 saturated heterocycles. The van der Waals surface area contributed by atoms with Gasteiger partial charge in [-0.1, -0.05) is 60.7 Å². The van der Waals surface area contributed by atoms with Crippen LogP contribution < -0.4 is 14.8 Å². The van der Waals surface area contributed by atoms with Gasteiger partial charge in [-0.3, -0.25) is 4.79 Å². The van der Waals surface area contributed by atoms with Crippen molar-refractivity contribution in [3.8, 4) is 16.9 Å². The largest absolute Gasteiger partial charge is 0.490 e. The average molecular weight is 511 g/mol. The zero-order chi connectivity index (χ0) is 26.1. The predicted molar refractivity (Wildman–Crippen MR) is 143 cm³/mol. The SMILES string of the molecule is CC(C)Oc1cc(-c2ccc(CCCNC[C@H](O)c3ccccc3)cc2)ccc1C(=O)NS(C)(=O)=O. The van der Waals surface area contributed by atoms with E-state index in [0.717, 1.165) is 42.3 Å². The molecule has 0 aromatic heterocycles. The van der Waals surface area contributed by atoms with Gasteiger partial charge in [0.2, 0.25) is 10.0 Å². The molecule has 0 radical (unpaired) electrons. The van der Waals surface area contributed by atoms with E-state index in [1.54, 1.807) is 18.2 Å². The van der Waals surface area contributed by atoms with E-state index in [1.165, 1.54) is 5.56 Å². The van der Waals surface area contributed by atoms with Crippen LogP contribution in [-0.4, -0.2) is 44.9 Å². The first kappa shape index (κ1) is 27.4. The summed E-state index contributed by atoms with van der Waals surface area (Å²) in [6.07, 6.45) is 2.08. The van der Waals surface area contributed by atoms with Gasteiger partial charge in [0, 0.05) is 6.54 Å². The second-order valence-electron chi connectivity index (χ2n) is 9.01. The molecule has 1 atom stereocenters. The van der Waals surface area contributed by atoms with Gasteiger partial charge in [0.15, 0.2) is 0 Å². The quantitative estimate of drug-likeness (QED) is 0.317. The molecule has 0 aliphatic carbocycles. The Morgan fingerprint density at radius 3 is 2.28 bits per heavy atom. The second-order valence-corrected chi connectivity index (χ2v) is 10.8. The molecule has 3 rings (SSSR count). The molecule has 0 saturated carbocycles. The minimum atomic E-state index is -3.68. The molecule has 36 heavy (non-hydrogen) atoms. The van der Waals surface area contributed by atoms with Crippen LogP contribution in [0.1, 0.15) is 47.9 Å². The molecule has 3 N–H and O–H groups in total. The first-order valence-electron chi connectivity index (χ1n) is 12.0. The van der Waals surface area contributed by atoms with Crippen molar-refractivity contribution in [3.05, 3.63) is 89.5 Å². The smallest absolute Gasteiger partial charge is 0.268 e. The summed E-state index contributed by atoms with van der Waals surface area (Å²) < 4.78 is 30.8. The number of aryl methyl sites for hydroxylation is 1. The van der Waals surface area contributed by atoms with Crippen LogP contribution in [0.25, 0.3) is 11.1 Å². The third kappa shape index (κ3) is 8.48. The average Bonchev–Trinajstić information content (AvgIpc) is 2.83. The van der Waals surface area contributed by atoms with Crippen LogP contribution in [-0.2, 0) is 16.4 Å². The van der Waals surface area contributed by atoms with Crippen molar-refractivity contribution in [1.29, 1.82) is 0 Å². The number of carbonyl (C=O) groups is 1. The van der Waals surface area contributed by atoms with Gasteiger partial charge in [0.05, 0.1) is 24.0 Å². The van der Waals surface area contributed by atoms with Crippen LogP contribution in [0, 0.1) is 0 Å². The molecule has 0 heterocycles. The van der Waals surface area contributed by atoms with Gasteiger partial charge in [-0.25, -0.2) is 13.1 Å². The van der Waals surface area contributed by atoms with Crippen LogP contribution in [0.15, 0.2) is 72.8 Å². The Morgan fingerprint density at radius 1 is 0.972 bits per heavy atom. The molecule has 7 nitrogen and oxygen atoms in total. The standard InChI is InChI=1S/C28H34N2O5S/c1-20(2)35-27-18-24(15-16-25(27)28(32)30-36(3,33)34)22-13-11-21(12-14-22)8-7-17-29-19-26(31)23-9-5-4-6-10-23/h4-6,9-16,18,20,26,29,31H,7-8,17,19H2,1-3H3,(H,30,32)/t26-/m0/s1. The fourth-order valence-corrected chi connectivity index (χ4v) is 4.22. The number of nitrogens with one attached hydrogen (secondary N) is 2. The van der Waals surface area contributed by atoms with Gasteiger partial charge < -0.3 is 15.2 Å². The maximum absolute atomic E-state index is 12.4. The monoisotopic (exact) mass is 510 g/mol. The summed E-state index contributed by atoms with van der Waals surface area (Å²) in [5.41, 5.74) is 4.11. The number of aliphatic hydroxyl groups excluding tert-OH is 1. The van der Waals surface area contributed by atoms with Crippen LogP contribution in [0.2, 0.25) is 0 Å². The van der Waals surface area contributed by atoms with Crippen molar-refractivity contribution in [2.45, 2.75) is 38.9 Å². The molecular weight excluding hydrogens is 476 g/mol. The molecule has 0 unspecified atom stereocenters. The van der Waals surface area contributed by atoms with Crippen LogP contribution >= 0.6 is 0 Å². The van der Waals surface area contributed by atoms with E-state index in [-0.39, 0.29) is 11.7 Å². The van der Waals surface area contributed by atoms with E-state index in [0.29, 0.717) is 12.3 Å².